The van der Waals surface area contributed by atoms with Gasteiger partial charge in [0, 0.05) is 23.5 Å². The van der Waals surface area contributed by atoms with Crippen molar-refractivity contribution in [3.8, 4) is 0 Å². The number of nitrogens with two attached hydrogens (primary N) is 2. The fourth-order valence-electron chi connectivity index (χ4n) is 1.85. The van der Waals surface area contributed by atoms with Crippen LogP contribution in [-0.2, 0) is 6.54 Å². The average Bonchev–Trinajstić information content (AvgIpc) is 2.39. The van der Waals surface area contributed by atoms with Crippen LogP contribution in [0.15, 0.2) is 55.7 Å². The van der Waals surface area contributed by atoms with E-state index in [1.807, 2.05) is 30.4 Å². The molecule has 0 aliphatic rings. The highest BCUT2D eigenvalue weighted by Crippen LogP contribution is 2.27. The topological polar surface area (TPSA) is 52.0 Å². The lowest BCUT2D eigenvalue weighted by molar-refractivity contribution is 0.713. The van der Waals surface area contributed by atoms with Crippen LogP contribution in [0.2, 0.25) is 5.02 Å². The summed E-state index contributed by atoms with van der Waals surface area (Å²) in [4.78, 5) is 0. The fraction of sp³-hybridized carbons (Fsp3) is 0.200. The molecule has 0 radical (unpaired) electrons. The molecule has 1 aromatic carbocycles. The average molecular weight is 263 g/mol. The van der Waals surface area contributed by atoms with Gasteiger partial charge < -0.3 is 11.5 Å². The summed E-state index contributed by atoms with van der Waals surface area (Å²) in [6.07, 6.45) is 7.30. The van der Waals surface area contributed by atoms with E-state index in [0.717, 1.165) is 11.1 Å². The molecule has 0 aromatic heterocycles. The Morgan fingerprint density at radius 1 is 1.33 bits per heavy atom. The molecule has 0 aliphatic carbocycles. The van der Waals surface area contributed by atoms with Gasteiger partial charge in [0.1, 0.15) is 0 Å². The maximum Gasteiger partial charge on any atom is 0.0409 e. The molecule has 1 aromatic rings. The van der Waals surface area contributed by atoms with Gasteiger partial charge in [0.05, 0.1) is 0 Å². The minimum Gasteiger partial charge on any atom is -0.326 e. The molecule has 0 heterocycles. The molecule has 2 nitrogen and oxygen atoms in total. The van der Waals surface area contributed by atoms with Crippen LogP contribution in [0, 0.1) is 0 Å². The Morgan fingerprint density at radius 2 is 2.06 bits per heavy atom. The molecule has 2 unspecified atom stereocenters. The van der Waals surface area contributed by atoms with Gasteiger partial charge in [-0.25, -0.2) is 0 Å². The number of rotatable bonds is 6. The predicted molar refractivity (Wildman–Crippen MR) is 79.6 cm³/mol. The van der Waals surface area contributed by atoms with Crippen LogP contribution >= 0.6 is 11.6 Å². The molecule has 96 valence electrons. The quantitative estimate of drug-likeness (QED) is 0.611. The maximum atomic E-state index is 6.08. The molecule has 0 saturated heterocycles. The van der Waals surface area contributed by atoms with Crippen molar-refractivity contribution < 1.29 is 0 Å². The minimum absolute atomic E-state index is 0.00208. The monoisotopic (exact) mass is 262 g/mol. The van der Waals surface area contributed by atoms with Crippen molar-refractivity contribution in [2.24, 2.45) is 11.5 Å². The lowest BCUT2D eigenvalue weighted by Crippen LogP contribution is -2.25. The van der Waals surface area contributed by atoms with Crippen molar-refractivity contribution in [1.29, 1.82) is 0 Å². The van der Waals surface area contributed by atoms with Crippen molar-refractivity contribution in [2.45, 2.75) is 18.5 Å². The first-order valence-electron chi connectivity index (χ1n) is 5.79. The first-order chi connectivity index (χ1) is 8.63. The molecular weight excluding hydrogens is 244 g/mol. The molecule has 2 atom stereocenters. The highest BCUT2D eigenvalue weighted by Gasteiger charge is 2.17. The van der Waals surface area contributed by atoms with Gasteiger partial charge in [0.25, 0.3) is 0 Å². The van der Waals surface area contributed by atoms with Crippen molar-refractivity contribution in [2.75, 3.05) is 0 Å². The third-order valence-corrected chi connectivity index (χ3v) is 3.06. The van der Waals surface area contributed by atoms with E-state index in [-0.39, 0.29) is 12.0 Å². The van der Waals surface area contributed by atoms with Crippen molar-refractivity contribution in [3.63, 3.8) is 0 Å². The first kappa shape index (κ1) is 14.7. The minimum atomic E-state index is -0.190. The van der Waals surface area contributed by atoms with Crippen LogP contribution in [-0.4, -0.2) is 6.04 Å². The van der Waals surface area contributed by atoms with Crippen LogP contribution in [0.3, 0.4) is 0 Å². The number of allylic oxidation sites excluding steroid dienone is 2. The Morgan fingerprint density at radius 3 is 2.61 bits per heavy atom. The third-order valence-electron chi connectivity index (χ3n) is 2.83. The van der Waals surface area contributed by atoms with Gasteiger partial charge in [-0.15, -0.1) is 6.58 Å². The van der Waals surface area contributed by atoms with Gasteiger partial charge >= 0.3 is 0 Å². The standard InChI is InChI=1S/C15H19ClN2/c1-3-5-6-13(15(18)4-2)14-9-12(16)8-7-11(14)10-17/h3-9,13,15H,1-2,10,17-18H2/b6-5+. The Balaban J connectivity index is 3.26. The smallest absolute Gasteiger partial charge is 0.0409 e. The number of hydrogen-bond acceptors (Lipinski definition) is 2. The van der Waals surface area contributed by atoms with E-state index in [1.165, 1.54) is 0 Å². The Labute approximate surface area is 114 Å². The summed E-state index contributed by atoms with van der Waals surface area (Å²) in [5, 5.41) is 0.676. The second kappa shape index (κ2) is 7.17. The van der Waals surface area contributed by atoms with Gasteiger partial charge in [-0.1, -0.05) is 48.6 Å². The molecule has 1 rings (SSSR count). The molecule has 0 spiro atoms. The van der Waals surface area contributed by atoms with E-state index in [1.54, 1.807) is 12.2 Å². The van der Waals surface area contributed by atoms with E-state index in [4.69, 9.17) is 23.1 Å². The molecule has 0 amide bonds. The molecule has 18 heavy (non-hydrogen) atoms. The molecule has 0 fully saturated rings. The van der Waals surface area contributed by atoms with Crippen LogP contribution in [0.4, 0.5) is 0 Å². The van der Waals surface area contributed by atoms with Crippen molar-refractivity contribution in [1.82, 2.24) is 0 Å². The largest absolute Gasteiger partial charge is 0.326 e. The van der Waals surface area contributed by atoms with Gasteiger partial charge in [-0.3, -0.25) is 0 Å². The first-order valence-corrected chi connectivity index (χ1v) is 6.17. The molecule has 0 bridgehead atoms. The Bertz CT molecular complexity index is 452. The summed E-state index contributed by atoms with van der Waals surface area (Å²) in [5.74, 6) is -0.00208. The van der Waals surface area contributed by atoms with Crippen molar-refractivity contribution in [3.05, 3.63) is 71.8 Å². The second-order valence-electron chi connectivity index (χ2n) is 4.01. The van der Waals surface area contributed by atoms with Gasteiger partial charge in [0.2, 0.25) is 0 Å². The summed E-state index contributed by atoms with van der Waals surface area (Å²) >= 11 is 6.05. The molecular formula is C15H19ClN2. The number of benzene rings is 1. The SMILES string of the molecule is C=C/C=C/C(c1cc(Cl)ccc1CN)C(N)C=C. The summed E-state index contributed by atoms with van der Waals surface area (Å²) in [6, 6.07) is 5.49. The molecule has 4 N–H and O–H groups in total. The zero-order valence-corrected chi connectivity index (χ0v) is 11.1. The Kier molecular flexibility index (Phi) is 5.86. The zero-order valence-electron chi connectivity index (χ0n) is 10.4. The van der Waals surface area contributed by atoms with Crippen LogP contribution in [0.5, 0.6) is 0 Å². The second-order valence-corrected chi connectivity index (χ2v) is 4.44. The summed E-state index contributed by atoms with van der Waals surface area (Å²) in [5.41, 5.74) is 13.9. The van der Waals surface area contributed by atoms with E-state index in [9.17, 15) is 0 Å². The van der Waals surface area contributed by atoms with Crippen LogP contribution in [0.1, 0.15) is 17.0 Å². The van der Waals surface area contributed by atoms with E-state index in [2.05, 4.69) is 13.2 Å². The highest BCUT2D eigenvalue weighted by atomic mass is 35.5. The van der Waals surface area contributed by atoms with Gasteiger partial charge in [-0.2, -0.15) is 0 Å². The fourth-order valence-corrected chi connectivity index (χ4v) is 2.03. The maximum absolute atomic E-state index is 6.08. The number of hydrogen-bond donors (Lipinski definition) is 2. The van der Waals surface area contributed by atoms with Crippen LogP contribution < -0.4 is 11.5 Å². The lowest BCUT2D eigenvalue weighted by atomic mass is 9.88. The van der Waals surface area contributed by atoms with Crippen molar-refractivity contribution >= 4 is 11.6 Å². The molecule has 3 heteroatoms. The third kappa shape index (κ3) is 3.57. The zero-order chi connectivity index (χ0) is 13.5. The molecule has 0 saturated carbocycles. The van der Waals surface area contributed by atoms with Gasteiger partial charge in [-0.05, 0) is 23.3 Å². The normalized spacial score (nSPS) is 14.4. The highest BCUT2D eigenvalue weighted by molar-refractivity contribution is 6.30. The van der Waals surface area contributed by atoms with Gasteiger partial charge in [0.15, 0.2) is 0 Å². The van der Waals surface area contributed by atoms with E-state index < -0.39 is 0 Å². The van der Waals surface area contributed by atoms with E-state index in [0.29, 0.717) is 11.6 Å². The lowest BCUT2D eigenvalue weighted by Gasteiger charge is -2.21. The van der Waals surface area contributed by atoms with Crippen LogP contribution in [0.25, 0.3) is 0 Å². The predicted octanol–water partition coefficient (Wildman–Crippen LogP) is 3.14. The summed E-state index contributed by atoms with van der Waals surface area (Å²) < 4.78 is 0. The summed E-state index contributed by atoms with van der Waals surface area (Å²) in [7, 11) is 0. The molecule has 0 aliphatic heterocycles. The summed E-state index contributed by atoms with van der Waals surface area (Å²) in [6.45, 7) is 7.86. The number of halogens is 1. The van der Waals surface area contributed by atoms with E-state index >= 15 is 0 Å². The Hall–Kier alpha value is -1.35.